The van der Waals surface area contributed by atoms with E-state index in [0.717, 1.165) is 18.9 Å². The Balaban J connectivity index is 1.99. The van der Waals surface area contributed by atoms with Crippen molar-refractivity contribution in [1.29, 1.82) is 0 Å². The first-order valence-corrected chi connectivity index (χ1v) is 6.23. The van der Waals surface area contributed by atoms with E-state index in [4.69, 9.17) is 5.73 Å². The van der Waals surface area contributed by atoms with E-state index in [1.54, 1.807) is 6.07 Å². The Labute approximate surface area is 108 Å². The lowest BCUT2D eigenvalue weighted by Crippen LogP contribution is -2.38. The van der Waals surface area contributed by atoms with Crippen molar-refractivity contribution in [3.05, 3.63) is 35.4 Å². The number of nitrogens with two attached hydrogens (primary N) is 1. The van der Waals surface area contributed by atoms with Crippen molar-refractivity contribution >= 4 is 5.96 Å². The highest BCUT2D eigenvalue weighted by Gasteiger charge is 2.42. The Morgan fingerprint density at radius 1 is 1.21 bits per heavy atom. The van der Waals surface area contributed by atoms with Crippen LogP contribution in [-0.2, 0) is 6.18 Å². The number of aliphatic imine (C=N–C) groups is 1. The van der Waals surface area contributed by atoms with Crippen molar-refractivity contribution in [2.75, 3.05) is 6.54 Å². The van der Waals surface area contributed by atoms with Crippen LogP contribution in [0.1, 0.15) is 30.0 Å². The van der Waals surface area contributed by atoms with Gasteiger partial charge >= 0.3 is 6.18 Å². The molecule has 1 saturated carbocycles. The quantitative estimate of drug-likeness (QED) is 0.896. The monoisotopic (exact) mass is 269 g/mol. The van der Waals surface area contributed by atoms with Crippen molar-refractivity contribution in [1.82, 2.24) is 4.90 Å². The van der Waals surface area contributed by atoms with Crippen LogP contribution in [0.2, 0.25) is 0 Å². The van der Waals surface area contributed by atoms with Crippen LogP contribution in [0, 0.1) is 0 Å². The van der Waals surface area contributed by atoms with E-state index in [-0.39, 0.29) is 17.6 Å². The second kappa shape index (κ2) is 4.15. The van der Waals surface area contributed by atoms with Gasteiger partial charge in [0.15, 0.2) is 5.96 Å². The van der Waals surface area contributed by atoms with Gasteiger partial charge in [-0.2, -0.15) is 13.2 Å². The maximum Gasteiger partial charge on any atom is 0.416 e. The molecule has 0 radical (unpaired) electrons. The molecule has 102 valence electrons. The second-order valence-electron chi connectivity index (χ2n) is 4.94. The van der Waals surface area contributed by atoms with Gasteiger partial charge in [0.1, 0.15) is 0 Å². The van der Waals surface area contributed by atoms with E-state index in [2.05, 4.69) is 4.99 Å². The van der Waals surface area contributed by atoms with Crippen LogP contribution in [0.5, 0.6) is 0 Å². The first-order valence-electron chi connectivity index (χ1n) is 6.23. The van der Waals surface area contributed by atoms with Crippen molar-refractivity contribution in [2.24, 2.45) is 10.7 Å². The molecule has 1 unspecified atom stereocenters. The zero-order chi connectivity index (χ0) is 13.6. The van der Waals surface area contributed by atoms with E-state index in [0.29, 0.717) is 12.5 Å². The Hall–Kier alpha value is -1.72. The van der Waals surface area contributed by atoms with Gasteiger partial charge in [-0.1, -0.05) is 18.2 Å². The number of rotatable bonds is 2. The fourth-order valence-corrected chi connectivity index (χ4v) is 2.60. The van der Waals surface area contributed by atoms with Gasteiger partial charge in [0, 0.05) is 6.04 Å². The second-order valence-corrected chi connectivity index (χ2v) is 4.94. The third-order valence-corrected chi connectivity index (χ3v) is 3.59. The van der Waals surface area contributed by atoms with Gasteiger partial charge in [-0.25, -0.2) is 0 Å². The van der Waals surface area contributed by atoms with E-state index in [9.17, 15) is 13.2 Å². The molecule has 1 atom stereocenters. The highest BCUT2D eigenvalue weighted by Crippen LogP contribution is 2.41. The molecule has 0 bridgehead atoms. The normalized spacial score (nSPS) is 23.6. The minimum Gasteiger partial charge on any atom is -0.370 e. The molecular formula is C13H14F3N3. The van der Waals surface area contributed by atoms with Gasteiger partial charge in [0.05, 0.1) is 18.2 Å². The maximum atomic E-state index is 13.1. The van der Waals surface area contributed by atoms with Crippen molar-refractivity contribution in [3.8, 4) is 0 Å². The van der Waals surface area contributed by atoms with Crippen molar-refractivity contribution < 1.29 is 13.2 Å². The standard InChI is InChI=1S/C13H14F3N3/c14-13(15,16)10-4-2-1-3-9(10)11-7-18-12(17)19(11)8-5-6-8/h1-4,8,11H,5-7H2,(H2,17,18). The summed E-state index contributed by atoms with van der Waals surface area (Å²) in [7, 11) is 0. The van der Waals surface area contributed by atoms with Crippen LogP contribution in [0.4, 0.5) is 13.2 Å². The number of benzene rings is 1. The number of hydrogen-bond donors (Lipinski definition) is 1. The van der Waals surface area contributed by atoms with Gasteiger partial charge in [0.2, 0.25) is 0 Å². The molecule has 1 aromatic carbocycles. The molecule has 0 spiro atoms. The minimum atomic E-state index is -4.34. The molecule has 3 nitrogen and oxygen atoms in total. The van der Waals surface area contributed by atoms with E-state index >= 15 is 0 Å². The van der Waals surface area contributed by atoms with Crippen LogP contribution in [-0.4, -0.2) is 23.4 Å². The van der Waals surface area contributed by atoms with Crippen molar-refractivity contribution in [3.63, 3.8) is 0 Å². The molecule has 1 heterocycles. The van der Waals surface area contributed by atoms with Gasteiger partial charge in [0.25, 0.3) is 0 Å². The lowest BCUT2D eigenvalue weighted by atomic mass is 9.99. The molecule has 1 aliphatic heterocycles. The largest absolute Gasteiger partial charge is 0.416 e. The highest BCUT2D eigenvalue weighted by molar-refractivity contribution is 5.81. The van der Waals surface area contributed by atoms with Crippen LogP contribution in [0.3, 0.4) is 0 Å². The molecule has 1 aromatic rings. The Morgan fingerprint density at radius 2 is 1.89 bits per heavy atom. The molecule has 0 saturated heterocycles. The molecule has 0 aromatic heterocycles. The molecule has 2 N–H and O–H groups in total. The number of alkyl halides is 3. The molecule has 3 rings (SSSR count). The molecule has 6 heteroatoms. The lowest BCUT2D eigenvalue weighted by molar-refractivity contribution is -0.138. The summed E-state index contributed by atoms with van der Waals surface area (Å²) in [6, 6.07) is 5.55. The SMILES string of the molecule is NC1=NCC(c2ccccc2C(F)(F)F)N1C1CC1. The summed E-state index contributed by atoms with van der Waals surface area (Å²) in [5.41, 5.74) is 5.48. The fourth-order valence-electron chi connectivity index (χ4n) is 2.60. The Kier molecular flexibility index (Phi) is 2.69. The smallest absolute Gasteiger partial charge is 0.370 e. The minimum absolute atomic E-state index is 0.248. The molecule has 1 fully saturated rings. The van der Waals surface area contributed by atoms with Crippen LogP contribution in [0.25, 0.3) is 0 Å². The first kappa shape index (κ1) is 12.3. The van der Waals surface area contributed by atoms with Gasteiger partial charge in [-0.3, -0.25) is 4.99 Å². The highest BCUT2D eigenvalue weighted by atomic mass is 19.4. The van der Waals surface area contributed by atoms with Crippen LogP contribution < -0.4 is 5.73 Å². The lowest BCUT2D eigenvalue weighted by Gasteiger charge is -2.28. The summed E-state index contributed by atoms with van der Waals surface area (Å²) in [6.45, 7) is 0.301. The summed E-state index contributed by atoms with van der Waals surface area (Å²) < 4.78 is 39.2. The summed E-state index contributed by atoms with van der Waals surface area (Å²) >= 11 is 0. The third-order valence-electron chi connectivity index (χ3n) is 3.59. The fraction of sp³-hybridized carbons (Fsp3) is 0.462. The zero-order valence-electron chi connectivity index (χ0n) is 10.2. The summed E-state index contributed by atoms with van der Waals surface area (Å²) in [6.07, 6.45) is -2.40. The summed E-state index contributed by atoms with van der Waals surface area (Å²) in [4.78, 5) is 5.95. The summed E-state index contributed by atoms with van der Waals surface area (Å²) in [5, 5.41) is 0. The number of halogens is 3. The summed E-state index contributed by atoms with van der Waals surface area (Å²) in [5.74, 6) is 0.365. The average molecular weight is 269 g/mol. The average Bonchev–Trinajstić information content (AvgIpc) is 3.11. The molecular weight excluding hydrogens is 255 g/mol. The van der Waals surface area contributed by atoms with Crippen LogP contribution in [0.15, 0.2) is 29.3 Å². The molecule has 19 heavy (non-hydrogen) atoms. The Morgan fingerprint density at radius 3 is 2.53 bits per heavy atom. The predicted octanol–water partition coefficient (Wildman–Crippen LogP) is 2.54. The maximum absolute atomic E-state index is 13.1. The Bertz CT molecular complexity index is 520. The van der Waals surface area contributed by atoms with Crippen molar-refractivity contribution in [2.45, 2.75) is 31.1 Å². The van der Waals surface area contributed by atoms with Crippen LogP contribution >= 0.6 is 0 Å². The number of nitrogens with zero attached hydrogens (tertiary/aromatic N) is 2. The zero-order valence-corrected chi connectivity index (χ0v) is 10.2. The van der Waals surface area contributed by atoms with Gasteiger partial charge in [-0.05, 0) is 24.5 Å². The van der Waals surface area contributed by atoms with E-state index in [1.165, 1.54) is 12.1 Å². The predicted molar refractivity (Wildman–Crippen MR) is 65.5 cm³/mol. The topological polar surface area (TPSA) is 41.6 Å². The molecule has 1 aliphatic carbocycles. The third kappa shape index (κ3) is 2.15. The first-order chi connectivity index (χ1) is 8.98. The molecule has 0 amide bonds. The van der Waals surface area contributed by atoms with E-state index in [1.807, 2.05) is 4.90 Å². The number of guanidine groups is 1. The van der Waals surface area contributed by atoms with Gasteiger partial charge < -0.3 is 10.6 Å². The van der Waals surface area contributed by atoms with Gasteiger partial charge in [-0.15, -0.1) is 0 Å². The van der Waals surface area contributed by atoms with E-state index < -0.39 is 11.7 Å². The number of hydrogen-bond acceptors (Lipinski definition) is 3. The molecule has 2 aliphatic rings.